The molecular weight excluding hydrogens is 274 g/mol. The highest BCUT2D eigenvalue weighted by Gasteiger charge is 2.31. The van der Waals surface area contributed by atoms with E-state index < -0.39 is 4.92 Å². The van der Waals surface area contributed by atoms with Crippen molar-refractivity contribution >= 4 is 17.5 Å². The summed E-state index contributed by atoms with van der Waals surface area (Å²) in [5.74, 6) is 1.07. The average molecular weight is 295 g/mol. The molecule has 1 aliphatic rings. The summed E-state index contributed by atoms with van der Waals surface area (Å²) in [4.78, 5) is 21.0. The minimum Gasteiger partial charge on any atom is -0.393 e. The van der Waals surface area contributed by atoms with E-state index in [9.17, 15) is 15.2 Å². The Morgan fingerprint density at radius 1 is 1.48 bits per heavy atom. The van der Waals surface area contributed by atoms with Crippen LogP contribution in [-0.4, -0.2) is 46.2 Å². The summed E-state index contributed by atoms with van der Waals surface area (Å²) in [5, 5.41) is 23.6. The van der Waals surface area contributed by atoms with Crippen LogP contribution in [0.2, 0.25) is 0 Å². The quantitative estimate of drug-likeness (QED) is 0.602. The largest absolute Gasteiger partial charge is 0.393 e. The van der Waals surface area contributed by atoms with Gasteiger partial charge < -0.3 is 15.3 Å². The number of aliphatic hydroxyl groups is 1. The molecule has 1 heterocycles. The average Bonchev–Trinajstić information content (AvgIpc) is 2.35. The lowest BCUT2D eigenvalue weighted by atomic mass is 9.82. The summed E-state index contributed by atoms with van der Waals surface area (Å²) >= 11 is 0. The number of anilines is 2. The van der Waals surface area contributed by atoms with Crippen molar-refractivity contribution in [3.8, 4) is 0 Å². The molecule has 116 valence electrons. The van der Waals surface area contributed by atoms with Crippen LogP contribution in [-0.2, 0) is 0 Å². The van der Waals surface area contributed by atoms with E-state index in [2.05, 4.69) is 15.3 Å². The Morgan fingerprint density at radius 2 is 2.14 bits per heavy atom. The molecule has 0 atom stereocenters. The van der Waals surface area contributed by atoms with Crippen LogP contribution in [0.5, 0.6) is 0 Å². The number of nitro groups is 1. The zero-order valence-electron chi connectivity index (χ0n) is 12.5. The molecule has 0 spiro atoms. The van der Waals surface area contributed by atoms with E-state index in [1.807, 2.05) is 6.92 Å². The molecule has 0 aromatic carbocycles. The molecule has 0 aliphatic heterocycles. The summed E-state index contributed by atoms with van der Waals surface area (Å²) < 4.78 is 0. The van der Waals surface area contributed by atoms with Gasteiger partial charge in [-0.1, -0.05) is 0 Å². The molecule has 1 aromatic rings. The predicted molar refractivity (Wildman–Crippen MR) is 79.6 cm³/mol. The Kier molecular flexibility index (Phi) is 4.56. The lowest BCUT2D eigenvalue weighted by molar-refractivity contribution is -0.385. The highest BCUT2D eigenvalue weighted by atomic mass is 16.6. The van der Waals surface area contributed by atoms with Crippen LogP contribution in [0.3, 0.4) is 0 Å². The smallest absolute Gasteiger partial charge is 0.332 e. The van der Waals surface area contributed by atoms with Gasteiger partial charge in [0.15, 0.2) is 0 Å². The fourth-order valence-electron chi connectivity index (χ4n) is 2.59. The number of hydrogen-bond donors (Lipinski definition) is 2. The van der Waals surface area contributed by atoms with Crippen LogP contribution >= 0.6 is 0 Å². The second-order valence-electron chi connectivity index (χ2n) is 5.46. The topological polar surface area (TPSA) is 104 Å². The van der Waals surface area contributed by atoms with Crippen molar-refractivity contribution in [1.82, 2.24) is 9.97 Å². The Bertz CT molecular complexity index is 531. The summed E-state index contributed by atoms with van der Waals surface area (Å²) in [6.07, 6.45) is 1.24. The third kappa shape index (κ3) is 3.38. The van der Waals surface area contributed by atoms with Gasteiger partial charge in [0.25, 0.3) is 0 Å². The van der Waals surface area contributed by atoms with Crippen molar-refractivity contribution in [2.75, 3.05) is 30.4 Å². The molecule has 1 aromatic heterocycles. The number of aliphatic hydroxyl groups excluding tert-OH is 1. The molecule has 8 heteroatoms. The predicted octanol–water partition coefficient (Wildman–Crippen LogP) is 1.33. The number of rotatable bonds is 6. The highest BCUT2D eigenvalue weighted by Crippen LogP contribution is 2.33. The van der Waals surface area contributed by atoms with Crippen LogP contribution in [0.25, 0.3) is 0 Å². The number of hydrogen-bond acceptors (Lipinski definition) is 7. The van der Waals surface area contributed by atoms with Crippen molar-refractivity contribution in [2.24, 2.45) is 5.92 Å². The normalized spacial score (nSPS) is 20.8. The number of aryl methyl sites for hydroxylation is 1. The third-order valence-electron chi connectivity index (χ3n) is 3.66. The van der Waals surface area contributed by atoms with Crippen LogP contribution in [0.15, 0.2) is 0 Å². The van der Waals surface area contributed by atoms with Gasteiger partial charge in [-0.2, -0.15) is 4.98 Å². The van der Waals surface area contributed by atoms with E-state index in [-0.39, 0.29) is 11.8 Å². The van der Waals surface area contributed by atoms with Gasteiger partial charge in [-0.25, -0.2) is 4.98 Å². The van der Waals surface area contributed by atoms with Crippen molar-refractivity contribution in [2.45, 2.75) is 32.8 Å². The Balaban J connectivity index is 2.27. The van der Waals surface area contributed by atoms with Gasteiger partial charge in [0.2, 0.25) is 11.8 Å². The number of aromatic nitrogens is 2. The molecule has 8 nitrogen and oxygen atoms in total. The Labute approximate surface area is 123 Å². The monoisotopic (exact) mass is 295 g/mol. The second kappa shape index (κ2) is 6.21. The maximum Gasteiger partial charge on any atom is 0.332 e. The SMILES string of the molecule is CCNc1nc(C)c([N+](=O)[O-])c(N(C)CC2CC(O)C2)n1. The molecule has 0 radical (unpaired) electrons. The highest BCUT2D eigenvalue weighted by molar-refractivity contribution is 5.62. The maximum absolute atomic E-state index is 11.3. The molecular formula is C13H21N5O3. The summed E-state index contributed by atoms with van der Waals surface area (Å²) in [6.45, 7) is 4.82. The second-order valence-corrected chi connectivity index (χ2v) is 5.46. The minimum atomic E-state index is -0.438. The summed E-state index contributed by atoms with van der Waals surface area (Å²) in [5.41, 5.74) is 0.292. The van der Waals surface area contributed by atoms with E-state index in [0.717, 1.165) is 12.8 Å². The molecule has 21 heavy (non-hydrogen) atoms. The van der Waals surface area contributed by atoms with Crippen molar-refractivity contribution in [3.05, 3.63) is 15.8 Å². The lowest BCUT2D eigenvalue weighted by Crippen LogP contribution is -2.37. The van der Waals surface area contributed by atoms with Crippen LogP contribution < -0.4 is 10.2 Å². The molecule has 0 amide bonds. The molecule has 1 aliphatic carbocycles. The van der Waals surface area contributed by atoms with Crippen LogP contribution in [0.1, 0.15) is 25.5 Å². The number of nitrogens with one attached hydrogen (secondary N) is 1. The maximum atomic E-state index is 11.3. The summed E-state index contributed by atoms with van der Waals surface area (Å²) in [7, 11) is 1.79. The molecule has 0 bridgehead atoms. The molecule has 1 fully saturated rings. The van der Waals surface area contributed by atoms with Gasteiger partial charge in [-0.15, -0.1) is 0 Å². The van der Waals surface area contributed by atoms with Gasteiger partial charge in [0.1, 0.15) is 5.69 Å². The van der Waals surface area contributed by atoms with E-state index >= 15 is 0 Å². The van der Waals surface area contributed by atoms with Crippen LogP contribution in [0.4, 0.5) is 17.5 Å². The first-order valence-electron chi connectivity index (χ1n) is 7.08. The molecule has 0 unspecified atom stereocenters. The first kappa shape index (κ1) is 15.4. The number of nitrogens with zero attached hydrogens (tertiary/aromatic N) is 4. The van der Waals surface area contributed by atoms with E-state index in [1.165, 1.54) is 0 Å². The molecule has 2 rings (SSSR count). The Hall–Kier alpha value is -1.96. The standard InChI is InChI=1S/C13H21N5O3/c1-4-14-13-15-8(2)11(18(20)21)12(16-13)17(3)7-9-5-10(19)6-9/h9-10,19H,4-7H2,1-3H3,(H,14,15,16). The fourth-order valence-corrected chi connectivity index (χ4v) is 2.59. The third-order valence-corrected chi connectivity index (χ3v) is 3.66. The van der Waals surface area contributed by atoms with Gasteiger partial charge in [-0.3, -0.25) is 10.1 Å². The van der Waals surface area contributed by atoms with Crippen molar-refractivity contribution in [3.63, 3.8) is 0 Å². The van der Waals surface area contributed by atoms with E-state index in [4.69, 9.17) is 0 Å². The van der Waals surface area contributed by atoms with Gasteiger partial charge in [0.05, 0.1) is 11.0 Å². The van der Waals surface area contributed by atoms with Crippen molar-refractivity contribution in [1.29, 1.82) is 0 Å². The zero-order chi connectivity index (χ0) is 15.6. The van der Waals surface area contributed by atoms with Gasteiger partial charge in [-0.05, 0) is 32.6 Å². The van der Waals surface area contributed by atoms with Crippen LogP contribution in [0, 0.1) is 23.0 Å². The Morgan fingerprint density at radius 3 is 2.67 bits per heavy atom. The van der Waals surface area contributed by atoms with Gasteiger partial charge >= 0.3 is 5.69 Å². The van der Waals surface area contributed by atoms with Gasteiger partial charge in [0, 0.05) is 20.1 Å². The fraction of sp³-hybridized carbons (Fsp3) is 0.692. The summed E-state index contributed by atoms with van der Waals surface area (Å²) in [6, 6.07) is 0. The first-order chi connectivity index (χ1) is 9.92. The molecule has 0 saturated heterocycles. The van der Waals surface area contributed by atoms with E-state index in [0.29, 0.717) is 36.5 Å². The minimum absolute atomic E-state index is 0.0565. The molecule has 2 N–H and O–H groups in total. The van der Waals surface area contributed by atoms with Crippen molar-refractivity contribution < 1.29 is 10.0 Å². The lowest BCUT2D eigenvalue weighted by Gasteiger charge is -2.34. The first-order valence-corrected chi connectivity index (χ1v) is 7.08. The molecule has 1 saturated carbocycles. The zero-order valence-corrected chi connectivity index (χ0v) is 12.5. The van der Waals surface area contributed by atoms with E-state index in [1.54, 1.807) is 18.9 Å².